The largest absolute Gasteiger partial charge is 0.497 e. The monoisotopic (exact) mass is 429 g/mol. The number of nitrogens with one attached hydrogen (secondary N) is 1. The lowest BCUT2D eigenvalue weighted by Crippen LogP contribution is -2.31. The van der Waals surface area contributed by atoms with Gasteiger partial charge in [0.15, 0.2) is 0 Å². The van der Waals surface area contributed by atoms with E-state index in [0.717, 1.165) is 34.1 Å². The molecule has 1 unspecified atom stereocenters. The standard InChI is InChI=1S/C25H27N5O2/c1-17-14-18(2)30(28-17)16-19-6-5-7-21(15-19)25(31)27-23(24-26-12-13-29(24)3)20-8-10-22(32-4)11-9-20/h5-15,23H,16H2,1-4H3,(H,27,31). The van der Waals surface area contributed by atoms with Crippen LogP contribution in [-0.4, -0.2) is 32.3 Å². The van der Waals surface area contributed by atoms with Crippen LogP contribution in [0.2, 0.25) is 0 Å². The van der Waals surface area contributed by atoms with Gasteiger partial charge in [-0.25, -0.2) is 4.98 Å². The molecule has 32 heavy (non-hydrogen) atoms. The van der Waals surface area contributed by atoms with Crippen molar-refractivity contribution in [2.75, 3.05) is 7.11 Å². The van der Waals surface area contributed by atoms with Crippen molar-refractivity contribution in [3.8, 4) is 5.75 Å². The molecule has 2 aromatic heterocycles. The summed E-state index contributed by atoms with van der Waals surface area (Å²) in [6, 6.07) is 16.9. The first kappa shape index (κ1) is 21.4. The molecule has 1 N–H and O–H groups in total. The van der Waals surface area contributed by atoms with Crippen LogP contribution in [-0.2, 0) is 13.6 Å². The number of nitrogens with zero attached hydrogens (tertiary/aromatic N) is 4. The molecule has 1 amide bonds. The van der Waals surface area contributed by atoms with Crippen molar-refractivity contribution in [2.24, 2.45) is 7.05 Å². The van der Waals surface area contributed by atoms with Crippen molar-refractivity contribution in [1.82, 2.24) is 24.6 Å². The molecule has 0 saturated carbocycles. The number of aryl methyl sites for hydroxylation is 3. The Morgan fingerprint density at radius 2 is 1.91 bits per heavy atom. The molecule has 164 valence electrons. The predicted octanol–water partition coefficient (Wildman–Crippen LogP) is 3.81. The fourth-order valence-corrected chi connectivity index (χ4v) is 3.78. The molecule has 0 fully saturated rings. The summed E-state index contributed by atoms with van der Waals surface area (Å²) in [5.41, 5.74) is 4.60. The molecule has 0 spiro atoms. The van der Waals surface area contributed by atoms with Crippen LogP contribution in [0.5, 0.6) is 5.75 Å². The molecule has 1 atom stereocenters. The van der Waals surface area contributed by atoms with E-state index in [2.05, 4.69) is 15.4 Å². The van der Waals surface area contributed by atoms with Gasteiger partial charge in [0.25, 0.3) is 5.91 Å². The summed E-state index contributed by atoms with van der Waals surface area (Å²) in [6.07, 6.45) is 3.60. The Morgan fingerprint density at radius 3 is 2.53 bits per heavy atom. The minimum Gasteiger partial charge on any atom is -0.497 e. The van der Waals surface area contributed by atoms with Crippen molar-refractivity contribution < 1.29 is 9.53 Å². The number of imidazole rings is 1. The van der Waals surface area contributed by atoms with Gasteiger partial charge in [-0.15, -0.1) is 0 Å². The number of ether oxygens (including phenoxy) is 1. The second kappa shape index (κ2) is 9.09. The van der Waals surface area contributed by atoms with Crippen molar-refractivity contribution in [3.63, 3.8) is 0 Å². The van der Waals surface area contributed by atoms with Crippen LogP contribution < -0.4 is 10.1 Å². The van der Waals surface area contributed by atoms with E-state index >= 15 is 0 Å². The Labute approximate surface area is 187 Å². The van der Waals surface area contributed by atoms with E-state index in [1.807, 2.05) is 90.9 Å². The zero-order chi connectivity index (χ0) is 22.7. The number of rotatable bonds is 7. The lowest BCUT2D eigenvalue weighted by molar-refractivity contribution is 0.0941. The fraction of sp³-hybridized carbons (Fsp3) is 0.240. The molecular weight excluding hydrogens is 402 g/mol. The summed E-state index contributed by atoms with van der Waals surface area (Å²) < 4.78 is 9.13. The van der Waals surface area contributed by atoms with E-state index in [-0.39, 0.29) is 5.91 Å². The Morgan fingerprint density at radius 1 is 1.12 bits per heavy atom. The van der Waals surface area contributed by atoms with Crippen LogP contribution in [0.4, 0.5) is 0 Å². The van der Waals surface area contributed by atoms with E-state index in [9.17, 15) is 4.79 Å². The summed E-state index contributed by atoms with van der Waals surface area (Å²) in [7, 11) is 3.55. The number of aromatic nitrogens is 4. The highest BCUT2D eigenvalue weighted by Gasteiger charge is 2.22. The van der Waals surface area contributed by atoms with Gasteiger partial charge in [-0.3, -0.25) is 9.48 Å². The molecule has 0 bridgehead atoms. The molecule has 0 radical (unpaired) electrons. The number of hydrogen-bond acceptors (Lipinski definition) is 4. The molecule has 2 aromatic carbocycles. The molecule has 4 aromatic rings. The van der Waals surface area contributed by atoms with Crippen LogP contribution in [0.1, 0.15) is 44.7 Å². The van der Waals surface area contributed by atoms with Crippen molar-refractivity contribution >= 4 is 5.91 Å². The highest BCUT2D eigenvalue weighted by atomic mass is 16.5. The van der Waals surface area contributed by atoms with Gasteiger partial charge in [0.05, 0.1) is 19.3 Å². The van der Waals surface area contributed by atoms with Gasteiger partial charge < -0.3 is 14.6 Å². The molecule has 0 saturated heterocycles. The molecule has 0 aliphatic rings. The lowest BCUT2D eigenvalue weighted by Gasteiger charge is -2.20. The summed E-state index contributed by atoms with van der Waals surface area (Å²) in [6.45, 7) is 4.62. The quantitative estimate of drug-likeness (QED) is 0.485. The van der Waals surface area contributed by atoms with E-state index in [0.29, 0.717) is 12.1 Å². The summed E-state index contributed by atoms with van der Waals surface area (Å²) in [5.74, 6) is 1.35. The number of methoxy groups -OCH3 is 1. The molecule has 4 rings (SSSR count). The maximum atomic E-state index is 13.2. The molecule has 0 aliphatic carbocycles. The summed E-state index contributed by atoms with van der Waals surface area (Å²) >= 11 is 0. The number of carbonyl (C=O) groups excluding carboxylic acids is 1. The highest BCUT2D eigenvalue weighted by molar-refractivity contribution is 5.94. The number of amides is 1. The number of benzene rings is 2. The zero-order valence-electron chi connectivity index (χ0n) is 18.7. The average Bonchev–Trinajstić information content (AvgIpc) is 3.36. The van der Waals surface area contributed by atoms with Gasteiger partial charge in [0.2, 0.25) is 0 Å². The van der Waals surface area contributed by atoms with Crippen LogP contribution in [0.3, 0.4) is 0 Å². The van der Waals surface area contributed by atoms with Gasteiger partial charge in [-0.2, -0.15) is 5.10 Å². The summed E-state index contributed by atoms with van der Waals surface area (Å²) in [4.78, 5) is 17.7. The minimum absolute atomic E-state index is 0.163. The first-order valence-corrected chi connectivity index (χ1v) is 10.5. The third kappa shape index (κ3) is 4.56. The minimum atomic E-state index is -0.395. The van der Waals surface area contributed by atoms with E-state index < -0.39 is 6.04 Å². The first-order valence-electron chi connectivity index (χ1n) is 10.5. The Bertz CT molecular complexity index is 1220. The highest BCUT2D eigenvalue weighted by Crippen LogP contribution is 2.23. The lowest BCUT2D eigenvalue weighted by atomic mass is 10.0. The van der Waals surface area contributed by atoms with Crippen molar-refractivity contribution in [1.29, 1.82) is 0 Å². The molecule has 7 heteroatoms. The fourth-order valence-electron chi connectivity index (χ4n) is 3.78. The number of carbonyl (C=O) groups is 1. The van der Waals surface area contributed by atoms with Crippen LogP contribution >= 0.6 is 0 Å². The van der Waals surface area contributed by atoms with Crippen molar-refractivity contribution in [3.05, 3.63) is 101 Å². The topological polar surface area (TPSA) is 74.0 Å². The average molecular weight is 430 g/mol. The Kier molecular flexibility index (Phi) is 6.07. The van der Waals surface area contributed by atoms with Crippen LogP contribution in [0.25, 0.3) is 0 Å². The smallest absolute Gasteiger partial charge is 0.252 e. The van der Waals surface area contributed by atoms with Gasteiger partial charge >= 0.3 is 0 Å². The van der Waals surface area contributed by atoms with Gasteiger partial charge in [0.1, 0.15) is 17.6 Å². The van der Waals surface area contributed by atoms with E-state index in [1.54, 1.807) is 13.3 Å². The third-order valence-corrected chi connectivity index (χ3v) is 5.47. The maximum absolute atomic E-state index is 13.2. The zero-order valence-corrected chi connectivity index (χ0v) is 18.7. The first-order chi connectivity index (χ1) is 15.4. The third-order valence-electron chi connectivity index (χ3n) is 5.47. The predicted molar refractivity (Wildman–Crippen MR) is 123 cm³/mol. The van der Waals surface area contributed by atoms with Gasteiger partial charge in [-0.1, -0.05) is 24.3 Å². The second-order valence-corrected chi connectivity index (χ2v) is 7.86. The maximum Gasteiger partial charge on any atom is 0.252 e. The van der Waals surface area contributed by atoms with Crippen LogP contribution in [0.15, 0.2) is 67.0 Å². The molecular formula is C25H27N5O2. The molecule has 0 aliphatic heterocycles. The normalized spacial score (nSPS) is 11.9. The van der Waals surface area contributed by atoms with Gasteiger partial charge in [0, 0.05) is 30.7 Å². The Hall–Kier alpha value is -3.87. The molecule has 2 heterocycles. The van der Waals surface area contributed by atoms with Crippen molar-refractivity contribution in [2.45, 2.75) is 26.4 Å². The summed E-state index contributed by atoms with van der Waals surface area (Å²) in [5, 5.41) is 7.67. The SMILES string of the molecule is COc1ccc(C(NC(=O)c2cccc(Cn3nc(C)cc3C)c2)c2nccn2C)cc1. The Balaban J connectivity index is 1.59. The van der Waals surface area contributed by atoms with Gasteiger partial charge in [-0.05, 0) is 55.3 Å². The molecule has 7 nitrogen and oxygen atoms in total. The second-order valence-electron chi connectivity index (χ2n) is 7.86. The number of hydrogen-bond donors (Lipinski definition) is 1. The van der Waals surface area contributed by atoms with E-state index in [1.165, 1.54) is 0 Å². The van der Waals surface area contributed by atoms with Crippen LogP contribution in [0, 0.1) is 13.8 Å². The van der Waals surface area contributed by atoms with E-state index in [4.69, 9.17) is 4.74 Å².